The van der Waals surface area contributed by atoms with Crippen molar-refractivity contribution < 1.29 is 17.9 Å². The summed E-state index contributed by atoms with van der Waals surface area (Å²) in [6.07, 6.45) is 0. The van der Waals surface area contributed by atoms with E-state index in [0.29, 0.717) is 18.0 Å². The lowest BCUT2D eigenvalue weighted by molar-refractivity contribution is 0.185. The molecule has 3 aromatic rings. The third-order valence-electron chi connectivity index (χ3n) is 3.48. The highest BCUT2D eigenvalue weighted by Crippen LogP contribution is 2.23. The highest BCUT2D eigenvalue weighted by atomic mass is 35.5. The van der Waals surface area contributed by atoms with Gasteiger partial charge < -0.3 is 9.47 Å². The molecule has 0 unspecified atom stereocenters. The lowest BCUT2D eigenvalue weighted by Crippen LogP contribution is -2.12. The van der Waals surface area contributed by atoms with E-state index in [1.807, 2.05) is 0 Å². The minimum Gasteiger partial charge on any atom is -0.438 e. The first-order valence-corrected chi connectivity index (χ1v) is 9.70. The highest BCUT2D eigenvalue weighted by molar-refractivity contribution is 7.92. The van der Waals surface area contributed by atoms with Gasteiger partial charge in [0.25, 0.3) is 10.0 Å². The van der Waals surface area contributed by atoms with Crippen molar-refractivity contribution in [1.29, 1.82) is 0 Å². The average Bonchev–Trinajstić information content (AvgIpc) is 2.66. The van der Waals surface area contributed by atoms with Crippen molar-refractivity contribution >= 4 is 27.3 Å². The van der Waals surface area contributed by atoms with Crippen molar-refractivity contribution in [3.8, 4) is 11.6 Å². The fraction of sp³-hybridized carbons (Fsp3) is 0.111. The number of sulfonamides is 1. The largest absolute Gasteiger partial charge is 0.438 e. The molecule has 7 nitrogen and oxygen atoms in total. The van der Waals surface area contributed by atoms with Crippen molar-refractivity contribution in [2.24, 2.45) is 0 Å². The predicted octanol–water partition coefficient (Wildman–Crippen LogP) is 3.87. The molecule has 0 bridgehead atoms. The van der Waals surface area contributed by atoms with E-state index in [9.17, 15) is 8.42 Å². The van der Waals surface area contributed by atoms with Crippen LogP contribution in [0.15, 0.2) is 65.6 Å². The number of halogens is 1. The lowest BCUT2D eigenvalue weighted by atomic mass is 10.2. The second kappa shape index (κ2) is 8.34. The molecular weight excluding hydrogens is 390 g/mol. The summed E-state index contributed by atoms with van der Waals surface area (Å²) in [5.74, 6) is 0.766. The van der Waals surface area contributed by atoms with Crippen molar-refractivity contribution in [3.05, 3.63) is 71.4 Å². The van der Waals surface area contributed by atoms with Gasteiger partial charge in [0.1, 0.15) is 5.75 Å². The zero-order chi connectivity index (χ0) is 19.3. The number of hydrogen-bond donors (Lipinski definition) is 1. The third kappa shape index (κ3) is 5.16. The molecule has 2 aromatic carbocycles. The summed E-state index contributed by atoms with van der Waals surface area (Å²) >= 11 is 5.67. The molecule has 0 saturated carbocycles. The van der Waals surface area contributed by atoms with Crippen LogP contribution in [0.1, 0.15) is 5.56 Å². The molecule has 1 heterocycles. The number of ether oxygens (including phenoxy) is 2. The maximum Gasteiger partial charge on any atom is 0.261 e. The Balaban J connectivity index is 1.68. The lowest BCUT2D eigenvalue weighted by Gasteiger charge is -2.10. The molecule has 0 aliphatic carbocycles. The van der Waals surface area contributed by atoms with Crippen LogP contribution in [0, 0.1) is 0 Å². The maximum atomic E-state index is 12.5. The molecule has 0 aliphatic heterocycles. The van der Waals surface area contributed by atoms with Gasteiger partial charge in [-0.15, -0.1) is 10.2 Å². The van der Waals surface area contributed by atoms with Crippen molar-refractivity contribution in [1.82, 2.24) is 10.2 Å². The summed E-state index contributed by atoms with van der Waals surface area (Å²) in [5.41, 5.74) is 1.30. The Kier molecular flexibility index (Phi) is 5.90. The number of aromatic nitrogens is 2. The van der Waals surface area contributed by atoms with Gasteiger partial charge in [0.05, 0.1) is 11.5 Å². The SMILES string of the molecule is COCc1ccc(S(=O)(=O)Nc2ccc(Oc3ccc(Cl)nn3)cc2)cc1. The predicted molar refractivity (Wildman–Crippen MR) is 102 cm³/mol. The van der Waals surface area contributed by atoms with Crippen LogP contribution in [-0.2, 0) is 21.4 Å². The normalized spacial score (nSPS) is 11.2. The Morgan fingerprint density at radius 3 is 2.26 bits per heavy atom. The molecule has 1 N–H and O–H groups in total. The zero-order valence-corrected chi connectivity index (χ0v) is 15.9. The van der Waals surface area contributed by atoms with E-state index in [-0.39, 0.29) is 15.9 Å². The van der Waals surface area contributed by atoms with Gasteiger partial charge in [-0.05, 0) is 48.0 Å². The molecule has 0 aliphatic rings. The topological polar surface area (TPSA) is 90.4 Å². The number of rotatable bonds is 7. The summed E-state index contributed by atoms with van der Waals surface area (Å²) in [7, 11) is -2.11. The van der Waals surface area contributed by atoms with Crippen molar-refractivity contribution in [2.45, 2.75) is 11.5 Å². The van der Waals surface area contributed by atoms with Crippen LogP contribution in [0.5, 0.6) is 11.6 Å². The fourth-order valence-corrected chi connectivity index (χ4v) is 3.37. The molecule has 0 saturated heterocycles. The third-order valence-corrected chi connectivity index (χ3v) is 5.08. The minimum atomic E-state index is -3.69. The number of methoxy groups -OCH3 is 1. The Morgan fingerprint density at radius 1 is 0.963 bits per heavy atom. The Morgan fingerprint density at radius 2 is 1.67 bits per heavy atom. The molecule has 9 heteroatoms. The van der Waals surface area contributed by atoms with Crippen LogP contribution in [0.25, 0.3) is 0 Å². The van der Waals surface area contributed by atoms with Crippen molar-refractivity contribution in [2.75, 3.05) is 11.8 Å². The number of anilines is 1. The second-order valence-electron chi connectivity index (χ2n) is 5.50. The molecule has 3 rings (SSSR count). The Hall–Kier alpha value is -2.68. The monoisotopic (exact) mass is 405 g/mol. The van der Waals surface area contributed by atoms with E-state index in [1.165, 1.54) is 12.1 Å². The molecule has 140 valence electrons. The summed E-state index contributed by atoms with van der Waals surface area (Å²) in [6, 6.07) is 16.1. The van der Waals surface area contributed by atoms with Crippen LogP contribution in [0.2, 0.25) is 5.15 Å². The molecule has 27 heavy (non-hydrogen) atoms. The first-order valence-electron chi connectivity index (χ1n) is 7.84. The molecule has 0 amide bonds. The van der Waals surface area contributed by atoms with Crippen LogP contribution in [0.4, 0.5) is 5.69 Å². The van der Waals surface area contributed by atoms with Crippen LogP contribution < -0.4 is 9.46 Å². The van der Waals surface area contributed by atoms with E-state index < -0.39 is 10.0 Å². The van der Waals surface area contributed by atoms with Gasteiger partial charge >= 0.3 is 0 Å². The maximum absolute atomic E-state index is 12.5. The molecule has 0 atom stereocenters. The number of benzene rings is 2. The van der Waals surface area contributed by atoms with Gasteiger partial charge in [-0.3, -0.25) is 4.72 Å². The summed E-state index contributed by atoms with van der Waals surface area (Å²) in [6.45, 7) is 0.424. The average molecular weight is 406 g/mol. The van der Waals surface area contributed by atoms with Crippen LogP contribution in [-0.4, -0.2) is 25.7 Å². The highest BCUT2D eigenvalue weighted by Gasteiger charge is 2.14. The summed E-state index contributed by atoms with van der Waals surface area (Å²) in [4.78, 5) is 0.166. The zero-order valence-electron chi connectivity index (χ0n) is 14.3. The Bertz CT molecular complexity index is 992. The van der Waals surface area contributed by atoms with Crippen LogP contribution >= 0.6 is 11.6 Å². The number of nitrogens with one attached hydrogen (secondary N) is 1. The Labute approximate surface area is 162 Å². The van der Waals surface area contributed by atoms with Crippen molar-refractivity contribution in [3.63, 3.8) is 0 Å². The van der Waals surface area contributed by atoms with E-state index in [1.54, 1.807) is 55.6 Å². The minimum absolute atomic E-state index is 0.166. The molecule has 0 fully saturated rings. The number of nitrogens with zero attached hydrogens (tertiary/aromatic N) is 2. The van der Waals surface area contributed by atoms with Gasteiger partial charge in [0, 0.05) is 18.9 Å². The van der Waals surface area contributed by atoms with E-state index in [2.05, 4.69) is 14.9 Å². The molecule has 0 spiro atoms. The number of hydrogen-bond acceptors (Lipinski definition) is 6. The molecular formula is C18H16ClN3O4S. The van der Waals surface area contributed by atoms with E-state index in [4.69, 9.17) is 21.1 Å². The quantitative estimate of drug-likeness (QED) is 0.641. The fourth-order valence-electron chi connectivity index (χ4n) is 2.22. The molecule has 0 radical (unpaired) electrons. The van der Waals surface area contributed by atoms with Crippen LogP contribution in [0.3, 0.4) is 0 Å². The van der Waals surface area contributed by atoms with E-state index >= 15 is 0 Å². The summed E-state index contributed by atoms with van der Waals surface area (Å²) in [5, 5.41) is 7.74. The van der Waals surface area contributed by atoms with Gasteiger partial charge in [0.15, 0.2) is 5.15 Å². The molecule has 1 aromatic heterocycles. The second-order valence-corrected chi connectivity index (χ2v) is 7.57. The van der Waals surface area contributed by atoms with E-state index in [0.717, 1.165) is 5.56 Å². The van der Waals surface area contributed by atoms with Gasteiger partial charge in [-0.25, -0.2) is 8.42 Å². The first-order chi connectivity index (χ1) is 13.0. The van der Waals surface area contributed by atoms with Gasteiger partial charge in [0.2, 0.25) is 5.88 Å². The first kappa shape index (κ1) is 19.1. The summed E-state index contributed by atoms with van der Waals surface area (Å²) < 4.78 is 38.0. The smallest absolute Gasteiger partial charge is 0.261 e. The van der Waals surface area contributed by atoms with Gasteiger partial charge in [-0.1, -0.05) is 23.7 Å². The van der Waals surface area contributed by atoms with Gasteiger partial charge in [-0.2, -0.15) is 0 Å². The standard InChI is InChI=1S/C18H16ClN3O4S/c1-25-12-13-2-8-16(9-3-13)27(23,24)22-14-4-6-15(7-5-14)26-18-11-10-17(19)20-21-18/h2-11,22H,12H2,1H3.